The van der Waals surface area contributed by atoms with Crippen LogP contribution in [0.4, 0.5) is 0 Å². The van der Waals surface area contributed by atoms with Crippen molar-refractivity contribution in [3.8, 4) is 11.3 Å². The molecule has 3 rings (SSSR count). The summed E-state index contributed by atoms with van der Waals surface area (Å²) in [6.07, 6.45) is 10.5. The predicted octanol–water partition coefficient (Wildman–Crippen LogP) is 6.59. The molecule has 0 atom stereocenters. The van der Waals surface area contributed by atoms with E-state index in [2.05, 4.69) is 80.1 Å². The molecule has 1 fully saturated rings. The summed E-state index contributed by atoms with van der Waals surface area (Å²) < 4.78 is 4.15. The minimum absolute atomic E-state index is 0.669. The van der Waals surface area contributed by atoms with Crippen molar-refractivity contribution < 1.29 is 4.57 Å². The zero-order valence-electron chi connectivity index (χ0n) is 19.2. The molecule has 152 valence electrons. The number of rotatable bonds is 6. The number of nitrogens with zero attached hydrogens (tertiary/aromatic N) is 1. The molecule has 0 amide bonds. The average molecular weight is 439 g/mol. The van der Waals surface area contributed by atoms with Gasteiger partial charge in [0.05, 0.1) is 0 Å². The Morgan fingerprint density at radius 2 is 1.68 bits per heavy atom. The average Bonchev–Trinajstić information content (AvgIpc) is 3.17. The molecule has 28 heavy (non-hydrogen) atoms. The van der Waals surface area contributed by atoms with Gasteiger partial charge in [-0.05, 0) is 0 Å². The van der Waals surface area contributed by atoms with Gasteiger partial charge in [-0.3, -0.25) is 0 Å². The molecule has 0 aliphatic heterocycles. The molecule has 1 aliphatic rings. The molecule has 0 unspecified atom stereocenters. The van der Waals surface area contributed by atoms with Gasteiger partial charge in [-0.1, -0.05) is 0 Å². The fourth-order valence-electron chi connectivity index (χ4n) is 5.08. The van der Waals surface area contributed by atoms with Crippen molar-refractivity contribution in [1.82, 2.24) is 0 Å². The molecule has 1 heterocycles. The van der Waals surface area contributed by atoms with Crippen LogP contribution in [-0.2, 0) is 7.05 Å². The Morgan fingerprint density at radius 3 is 2.25 bits per heavy atom. The Labute approximate surface area is 175 Å². The number of aryl methyl sites for hydroxylation is 2. The van der Waals surface area contributed by atoms with Gasteiger partial charge in [0.1, 0.15) is 0 Å². The maximum absolute atomic E-state index is 2.59. The number of hydrogen-bond acceptors (Lipinski definition) is 0. The Hall–Kier alpha value is -1.09. The number of hydrogen-bond donors (Lipinski definition) is 0. The fraction of sp³-hybridized carbons (Fsp3) is 0.577. The van der Waals surface area contributed by atoms with Crippen LogP contribution in [0.25, 0.3) is 11.3 Å². The summed E-state index contributed by atoms with van der Waals surface area (Å²) in [6, 6.07) is 9.77. The van der Waals surface area contributed by atoms with Gasteiger partial charge in [-0.15, -0.1) is 0 Å². The first-order chi connectivity index (χ1) is 13.3. The van der Waals surface area contributed by atoms with Crippen molar-refractivity contribution >= 4 is 17.7 Å². The molecule has 1 aromatic heterocycles. The van der Waals surface area contributed by atoms with E-state index in [-0.39, 0.29) is 0 Å². The van der Waals surface area contributed by atoms with Crippen LogP contribution >= 0.6 is 0 Å². The molecule has 0 radical (unpaired) electrons. The fourth-order valence-corrected chi connectivity index (χ4v) is 8.65. The van der Waals surface area contributed by atoms with Crippen molar-refractivity contribution in [3.05, 3.63) is 47.2 Å². The van der Waals surface area contributed by atoms with E-state index in [0.29, 0.717) is 5.92 Å². The van der Waals surface area contributed by atoms with Crippen molar-refractivity contribution in [2.45, 2.75) is 88.4 Å². The van der Waals surface area contributed by atoms with Crippen molar-refractivity contribution in [2.75, 3.05) is 0 Å². The van der Waals surface area contributed by atoms with Crippen LogP contribution in [0.15, 0.2) is 30.5 Å². The van der Waals surface area contributed by atoms with Gasteiger partial charge >= 0.3 is 176 Å². The Morgan fingerprint density at radius 1 is 1.04 bits per heavy atom. The Bertz CT molecular complexity index is 821. The SMILES string of the molecule is CCC(CC)c1ccc(C)c(-c2c[c]([Ge]([CH3])([CH3])[CH3])c(C3CCCC3)c[n+]2C)c1. The first-order valence-electron chi connectivity index (χ1n) is 11.4. The number of benzene rings is 1. The first kappa shape index (κ1) is 21.6. The molecule has 1 saturated carbocycles. The summed E-state index contributed by atoms with van der Waals surface area (Å²) in [7, 11) is 2.26. The second kappa shape index (κ2) is 8.73. The topological polar surface area (TPSA) is 3.88 Å². The zero-order valence-corrected chi connectivity index (χ0v) is 21.3. The van der Waals surface area contributed by atoms with Gasteiger partial charge in [0.15, 0.2) is 0 Å². The summed E-state index contributed by atoms with van der Waals surface area (Å²) in [6.45, 7) is 6.90. The van der Waals surface area contributed by atoms with Gasteiger partial charge in [-0.2, -0.15) is 0 Å². The molecular formula is C26H40GeN+. The molecule has 2 aromatic rings. The molecule has 0 N–H and O–H groups in total. The standard InChI is InChI=1S/C26H40GeN/c1-8-20(9-2)22-15-14-19(3)23(16-22)26-17-25(27(4,5)6)24(18-28(26)7)21-12-10-11-13-21/h14-18,20-21H,8-13H2,1-7H3/q+1. The minimum atomic E-state index is -1.97. The Kier molecular flexibility index (Phi) is 6.74. The summed E-state index contributed by atoms with van der Waals surface area (Å²) in [4.78, 5) is 0. The third kappa shape index (κ3) is 4.40. The summed E-state index contributed by atoms with van der Waals surface area (Å²) in [5, 5.41) is 0. The summed E-state index contributed by atoms with van der Waals surface area (Å²) in [5.74, 6) is 9.14. The molecule has 1 aliphatic carbocycles. The maximum atomic E-state index is 2.59. The van der Waals surface area contributed by atoms with Crippen LogP contribution in [0.5, 0.6) is 0 Å². The second-order valence-electron chi connectivity index (χ2n) is 9.96. The summed E-state index contributed by atoms with van der Waals surface area (Å²) >= 11 is -1.97. The molecular weight excluding hydrogens is 399 g/mol. The van der Waals surface area contributed by atoms with Crippen molar-refractivity contribution in [1.29, 1.82) is 0 Å². The molecule has 0 saturated heterocycles. The van der Waals surface area contributed by atoms with E-state index in [1.54, 1.807) is 9.96 Å². The van der Waals surface area contributed by atoms with E-state index in [1.165, 1.54) is 60.9 Å². The van der Waals surface area contributed by atoms with Gasteiger partial charge in [0, 0.05) is 0 Å². The third-order valence-corrected chi connectivity index (χ3v) is 11.2. The van der Waals surface area contributed by atoms with E-state index >= 15 is 0 Å². The molecule has 1 nitrogen and oxygen atoms in total. The van der Waals surface area contributed by atoms with Crippen molar-refractivity contribution in [3.63, 3.8) is 0 Å². The first-order valence-corrected chi connectivity index (χ1v) is 18.8. The van der Waals surface area contributed by atoms with Crippen LogP contribution in [0.1, 0.15) is 80.9 Å². The third-order valence-electron chi connectivity index (χ3n) is 6.90. The quantitative estimate of drug-likeness (QED) is 0.353. The predicted molar refractivity (Wildman–Crippen MR) is 125 cm³/mol. The van der Waals surface area contributed by atoms with E-state index in [9.17, 15) is 0 Å². The van der Waals surface area contributed by atoms with Crippen LogP contribution in [-0.4, -0.2) is 13.3 Å². The number of pyridine rings is 1. The molecule has 1 aromatic carbocycles. The van der Waals surface area contributed by atoms with E-state index in [1.807, 2.05) is 0 Å². The van der Waals surface area contributed by atoms with Crippen LogP contribution in [0.2, 0.25) is 17.3 Å². The van der Waals surface area contributed by atoms with Crippen LogP contribution < -0.4 is 8.96 Å². The van der Waals surface area contributed by atoms with Crippen LogP contribution in [0.3, 0.4) is 0 Å². The van der Waals surface area contributed by atoms with Gasteiger partial charge in [0.2, 0.25) is 0 Å². The summed E-state index contributed by atoms with van der Waals surface area (Å²) in [5.41, 5.74) is 7.40. The van der Waals surface area contributed by atoms with E-state index in [0.717, 1.165) is 5.92 Å². The van der Waals surface area contributed by atoms with E-state index in [4.69, 9.17) is 0 Å². The normalized spacial score (nSPS) is 15.6. The van der Waals surface area contributed by atoms with Gasteiger partial charge in [-0.25, -0.2) is 0 Å². The van der Waals surface area contributed by atoms with Crippen molar-refractivity contribution in [2.24, 2.45) is 7.05 Å². The molecule has 0 spiro atoms. The van der Waals surface area contributed by atoms with Gasteiger partial charge < -0.3 is 0 Å². The van der Waals surface area contributed by atoms with E-state index < -0.39 is 13.3 Å². The zero-order chi connectivity index (χ0) is 20.5. The second-order valence-corrected chi connectivity index (χ2v) is 20.5. The van der Waals surface area contributed by atoms with Gasteiger partial charge in [0.25, 0.3) is 0 Å². The van der Waals surface area contributed by atoms with Crippen LogP contribution in [0, 0.1) is 6.92 Å². The number of aromatic nitrogens is 1. The molecule has 2 heteroatoms. The Balaban J connectivity index is 2.16. The molecule has 0 bridgehead atoms. The monoisotopic (exact) mass is 440 g/mol.